The van der Waals surface area contributed by atoms with E-state index in [0.29, 0.717) is 24.6 Å². The smallest absolute Gasteiger partial charge is 0.166 e. The van der Waals surface area contributed by atoms with E-state index in [0.717, 1.165) is 32.9 Å². The molecule has 1 aliphatic heterocycles. The molecule has 1 aliphatic rings. The van der Waals surface area contributed by atoms with Gasteiger partial charge in [-0.1, -0.05) is 19.1 Å². The number of fused-ring (bicyclic) bond motifs is 1. The van der Waals surface area contributed by atoms with Gasteiger partial charge in [-0.2, -0.15) is 0 Å². The van der Waals surface area contributed by atoms with E-state index < -0.39 is 0 Å². The number of quaternary nitrogens is 1. The van der Waals surface area contributed by atoms with Crippen LogP contribution in [0.5, 0.6) is 23.0 Å². The van der Waals surface area contributed by atoms with Gasteiger partial charge in [-0.05, 0) is 42.3 Å². The summed E-state index contributed by atoms with van der Waals surface area (Å²) in [6, 6.07) is 7.93. The molecule has 0 saturated carbocycles. The fraction of sp³-hybridized carbons (Fsp3) is 0.417. The maximum Gasteiger partial charge on any atom is 0.166 e. The van der Waals surface area contributed by atoms with Crippen molar-refractivity contribution in [2.24, 2.45) is 0 Å². The summed E-state index contributed by atoms with van der Waals surface area (Å²) < 4.78 is 17.4. The summed E-state index contributed by atoms with van der Waals surface area (Å²) in [7, 11) is 5.18. The molecule has 0 bridgehead atoms. The van der Waals surface area contributed by atoms with Crippen molar-refractivity contribution >= 4 is 6.08 Å². The summed E-state index contributed by atoms with van der Waals surface area (Å²) in [5.74, 6) is 2.14. The molecule has 0 aliphatic carbocycles. The fourth-order valence-corrected chi connectivity index (χ4v) is 4.05. The minimum absolute atomic E-state index is 0.0931. The van der Waals surface area contributed by atoms with Gasteiger partial charge in [0.25, 0.3) is 0 Å². The van der Waals surface area contributed by atoms with E-state index in [1.807, 2.05) is 44.3 Å². The van der Waals surface area contributed by atoms with Crippen molar-refractivity contribution in [1.29, 1.82) is 0 Å². The predicted molar refractivity (Wildman–Crippen MR) is 117 cm³/mol. The molecule has 162 valence electrons. The largest absolute Gasteiger partial charge is 0.504 e. The average Bonchev–Trinajstić information content (AvgIpc) is 3.06. The molecule has 6 heteroatoms. The number of ether oxygens (including phenoxy) is 3. The topological polar surface area (TPSA) is 72.6 Å². The Morgan fingerprint density at radius 3 is 2.50 bits per heavy atom. The van der Waals surface area contributed by atoms with E-state index in [9.17, 15) is 10.2 Å². The lowest BCUT2D eigenvalue weighted by Crippen LogP contribution is -3.08. The molecule has 0 saturated heterocycles. The number of allylic oxidation sites excluding steroid dienone is 1. The number of aromatic hydroxyl groups is 1. The van der Waals surface area contributed by atoms with Crippen molar-refractivity contribution in [3.05, 3.63) is 52.6 Å². The second kappa shape index (κ2) is 9.41. The summed E-state index contributed by atoms with van der Waals surface area (Å²) in [5.41, 5.74) is 3.88. The first-order valence-electron chi connectivity index (χ1n) is 10.3. The number of phenols is 1. The molecule has 0 spiro atoms. The Bertz CT molecular complexity index is 924. The number of hydrogen-bond acceptors (Lipinski definition) is 5. The molecule has 0 radical (unpaired) electrons. The zero-order chi connectivity index (χ0) is 21.8. The number of phenolic OH excluding ortho intramolecular Hbond substituents is 1. The fourth-order valence-electron chi connectivity index (χ4n) is 4.05. The van der Waals surface area contributed by atoms with Crippen molar-refractivity contribution in [2.45, 2.75) is 32.4 Å². The van der Waals surface area contributed by atoms with Crippen molar-refractivity contribution < 1.29 is 29.3 Å². The highest BCUT2D eigenvalue weighted by atomic mass is 16.5. The van der Waals surface area contributed by atoms with E-state index >= 15 is 0 Å². The quantitative estimate of drug-likeness (QED) is 0.620. The van der Waals surface area contributed by atoms with Crippen LogP contribution in [0.3, 0.4) is 0 Å². The summed E-state index contributed by atoms with van der Waals surface area (Å²) in [6.07, 6.45) is 3.83. The van der Waals surface area contributed by atoms with Crippen LogP contribution in [-0.2, 0) is 6.54 Å². The summed E-state index contributed by atoms with van der Waals surface area (Å²) in [6.45, 7) is 5.38. The van der Waals surface area contributed by atoms with E-state index in [4.69, 9.17) is 14.2 Å². The van der Waals surface area contributed by atoms with E-state index in [2.05, 4.69) is 13.0 Å². The van der Waals surface area contributed by atoms with Gasteiger partial charge in [-0.25, -0.2) is 0 Å². The molecule has 30 heavy (non-hydrogen) atoms. The summed E-state index contributed by atoms with van der Waals surface area (Å²) >= 11 is 0. The highest BCUT2D eigenvalue weighted by Gasteiger charge is 2.36. The molecule has 0 amide bonds. The van der Waals surface area contributed by atoms with Crippen LogP contribution in [0.4, 0.5) is 0 Å². The molecular formula is C24H32NO5+. The summed E-state index contributed by atoms with van der Waals surface area (Å²) in [5, 5.41) is 19.8. The predicted octanol–water partition coefficient (Wildman–Crippen LogP) is 2.69. The van der Waals surface area contributed by atoms with Crippen molar-refractivity contribution in [1.82, 2.24) is 0 Å². The molecule has 2 aromatic carbocycles. The van der Waals surface area contributed by atoms with Crippen LogP contribution in [-0.4, -0.2) is 44.6 Å². The van der Waals surface area contributed by atoms with Crippen LogP contribution in [0, 0.1) is 0 Å². The Morgan fingerprint density at radius 2 is 1.87 bits per heavy atom. The standard InChI is InChI=1S/C24H31NO5/c1-6-7-16-10-19-15(2)23(30-24(19)21(11-16)29-5)17-12-18(14-25(3)8-9-26)22(27)20(13-17)28-4/h6-7,10-13,15,23,26-27H,8-9,14H2,1-5H3/p+1/b7-6+/t15-,23-/m0/s1. The highest BCUT2D eigenvalue weighted by Crippen LogP contribution is 2.51. The van der Waals surface area contributed by atoms with Crippen LogP contribution >= 0.6 is 0 Å². The summed E-state index contributed by atoms with van der Waals surface area (Å²) in [4.78, 5) is 1.09. The number of aliphatic hydroxyl groups is 1. The Balaban J connectivity index is 2.01. The third-order valence-corrected chi connectivity index (χ3v) is 5.63. The minimum atomic E-state index is -0.221. The lowest BCUT2D eigenvalue weighted by molar-refractivity contribution is -0.894. The molecule has 6 nitrogen and oxygen atoms in total. The number of rotatable bonds is 8. The molecule has 0 aromatic heterocycles. The van der Waals surface area contributed by atoms with Crippen LogP contribution in [0.15, 0.2) is 30.3 Å². The molecule has 3 N–H and O–H groups in total. The van der Waals surface area contributed by atoms with Crippen LogP contribution < -0.4 is 19.1 Å². The van der Waals surface area contributed by atoms with Gasteiger partial charge in [0.2, 0.25) is 0 Å². The molecular weight excluding hydrogens is 382 g/mol. The van der Waals surface area contributed by atoms with Gasteiger partial charge in [0.15, 0.2) is 23.0 Å². The Kier molecular flexibility index (Phi) is 6.90. The van der Waals surface area contributed by atoms with Gasteiger partial charge in [-0.15, -0.1) is 0 Å². The normalized spacial score (nSPS) is 18.9. The van der Waals surface area contributed by atoms with Crippen LogP contribution in [0.2, 0.25) is 0 Å². The lowest BCUT2D eigenvalue weighted by Gasteiger charge is -2.20. The monoisotopic (exact) mass is 414 g/mol. The first kappa shape index (κ1) is 22.0. The Morgan fingerprint density at radius 1 is 1.13 bits per heavy atom. The van der Waals surface area contributed by atoms with Gasteiger partial charge in [0.05, 0.1) is 33.4 Å². The maximum atomic E-state index is 10.6. The molecule has 0 fully saturated rings. The molecule has 1 heterocycles. The zero-order valence-electron chi connectivity index (χ0n) is 18.4. The van der Waals surface area contributed by atoms with Gasteiger partial charge in [-0.3, -0.25) is 0 Å². The van der Waals surface area contributed by atoms with Crippen molar-refractivity contribution in [3.8, 4) is 23.0 Å². The molecule has 3 rings (SSSR count). The van der Waals surface area contributed by atoms with Gasteiger partial charge in [0.1, 0.15) is 19.2 Å². The molecule has 2 aromatic rings. The van der Waals surface area contributed by atoms with Crippen LogP contribution in [0.1, 0.15) is 48.1 Å². The Hall–Kier alpha value is -2.70. The SMILES string of the molecule is C/C=C/c1cc(OC)c2c(c1)[C@H](C)[C@@H](c1cc(C[NH+](C)CCO)c(O)c(OC)c1)O2. The first-order valence-corrected chi connectivity index (χ1v) is 10.3. The van der Waals surface area contributed by atoms with Crippen LogP contribution in [0.25, 0.3) is 6.08 Å². The van der Waals surface area contributed by atoms with Gasteiger partial charge >= 0.3 is 0 Å². The number of nitrogens with one attached hydrogen (secondary N) is 1. The number of likely N-dealkylation sites (N-methyl/N-ethyl adjacent to an activating group) is 1. The molecule has 3 atom stereocenters. The van der Waals surface area contributed by atoms with Crippen molar-refractivity contribution in [2.75, 3.05) is 34.4 Å². The number of benzene rings is 2. The number of aliphatic hydroxyl groups excluding tert-OH is 1. The van der Waals surface area contributed by atoms with E-state index in [1.54, 1.807) is 14.2 Å². The number of hydrogen-bond donors (Lipinski definition) is 3. The first-order chi connectivity index (χ1) is 14.4. The van der Waals surface area contributed by atoms with Gasteiger partial charge in [0, 0.05) is 11.5 Å². The van der Waals surface area contributed by atoms with Gasteiger partial charge < -0.3 is 29.3 Å². The third kappa shape index (κ3) is 4.25. The second-order valence-corrected chi connectivity index (χ2v) is 7.81. The average molecular weight is 415 g/mol. The van der Waals surface area contributed by atoms with Crippen molar-refractivity contribution in [3.63, 3.8) is 0 Å². The lowest BCUT2D eigenvalue weighted by atomic mass is 9.90. The number of methoxy groups -OCH3 is 2. The van der Waals surface area contributed by atoms with E-state index in [1.165, 1.54) is 0 Å². The molecule has 1 unspecified atom stereocenters. The maximum absolute atomic E-state index is 10.6. The highest BCUT2D eigenvalue weighted by molar-refractivity contribution is 5.62. The minimum Gasteiger partial charge on any atom is -0.504 e. The third-order valence-electron chi connectivity index (χ3n) is 5.63. The second-order valence-electron chi connectivity index (χ2n) is 7.81. The van der Waals surface area contributed by atoms with E-state index in [-0.39, 0.29) is 24.4 Å². The zero-order valence-corrected chi connectivity index (χ0v) is 18.4. The Labute approximate surface area is 178 Å².